The smallest absolute Gasteiger partial charge is 0.163 e. The van der Waals surface area contributed by atoms with Crippen molar-refractivity contribution in [3.63, 3.8) is 0 Å². The van der Waals surface area contributed by atoms with Crippen LogP contribution >= 0.6 is 0 Å². The molecule has 0 aromatic heterocycles. The van der Waals surface area contributed by atoms with E-state index in [9.17, 15) is 4.79 Å². The lowest BCUT2D eigenvalue weighted by Crippen LogP contribution is -2.02. The van der Waals surface area contributed by atoms with Crippen molar-refractivity contribution in [2.75, 3.05) is 6.61 Å². The Morgan fingerprint density at radius 3 is 2.60 bits per heavy atom. The summed E-state index contributed by atoms with van der Waals surface area (Å²) in [5.74, 6) is 0.938. The van der Waals surface area contributed by atoms with Crippen LogP contribution in [0.2, 0.25) is 0 Å². The van der Waals surface area contributed by atoms with Crippen LogP contribution in [0.25, 0.3) is 0 Å². The van der Waals surface area contributed by atoms with E-state index in [0.717, 1.165) is 24.2 Å². The summed E-state index contributed by atoms with van der Waals surface area (Å²) in [7, 11) is 0. The van der Waals surface area contributed by atoms with Gasteiger partial charge in [-0.1, -0.05) is 49.4 Å². The van der Waals surface area contributed by atoms with Gasteiger partial charge in [0.25, 0.3) is 0 Å². The van der Waals surface area contributed by atoms with Gasteiger partial charge in [0, 0.05) is 12.0 Å². The summed E-state index contributed by atoms with van der Waals surface area (Å²) in [6.45, 7) is 2.75. The summed E-state index contributed by atoms with van der Waals surface area (Å²) in [5, 5.41) is 0. The second-order valence-corrected chi connectivity index (χ2v) is 4.79. The van der Waals surface area contributed by atoms with Gasteiger partial charge in [0.1, 0.15) is 5.75 Å². The van der Waals surface area contributed by atoms with Crippen molar-refractivity contribution in [3.8, 4) is 5.75 Å². The Hall–Kier alpha value is -2.09. The third-order valence-electron chi connectivity index (χ3n) is 3.11. The normalized spacial score (nSPS) is 10.2. The molecule has 0 bridgehead atoms. The van der Waals surface area contributed by atoms with Gasteiger partial charge in [0.15, 0.2) is 5.78 Å². The number of carbonyl (C=O) groups excluding carboxylic acids is 1. The van der Waals surface area contributed by atoms with Crippen LogP contribution in [0, 0.1) is 0 Å². The molecule has 0 atom stereocenters. The molecule has 0 aliphatic rings. The van der Waals surface area contributed by atoms with Crippen LogP contribution in [0.4, 0.5) is 0 Å². The maximum Gasteiger partial charge on any atom is 0.163 e. The van der Waals surface area contributed by atoms with Crippen LogP contribution in [0.15, 0.2) is 54.6 Å². The average Bonchev–Trinajstić information content (AvgIpc) is 2.52. The molecule has 0 heterocycles. The first kappa shape index (κ1) is 14.3. The molecular formula is C18H20O2. The molecule has 2 aromatic carbocycles. The second-order valence-electron chi connectivity index (χ2n) is 4.79. The van der Waals surface area contributed by atoms with Crippen LogP contribution in [-0.2, 0) is 6.42 Å². The van der Waals surface area contributed by atoms with E-state index >= 15 is 0 Å². The van der Waals surface area contributed by atoms with E-state index in [-0.39, 0.29) is 5.78 Å². The molecule has 0 spiro atoms. The largest absolute Gasteiger partial charge is 0.494 e. The van der Waals surface area contributed by atoms with Crippen molar-refractivity contribution in [1.29, 1.82) is 0 Å². The Morgan fingerprint density at radius 1 is 1.05 bits per heavy atom. The van der Waals surface area contributed by atoms with Gasteiger partial charge in [-0.25, -0.2) is 0 Å². The number of hydrogen-bond acceptors (Lipinski definition) is 2. The van der Waals surface area contributed by atoms with Crippen molar-refractivity contribution in [3.05, 3.63) is 65.7 Å². The van der Waals surface area contributed by atoms with E-state index in [4.69, 9.17) is 4.74 Å². The standard InChI is InChI=1S/C18H20O2/c1-2-13-20-17-10-6-9-16(14-17)18(19)12-11-15-7-4-3-5-8-15/h3-10,14H,2,11-13H2,1H3. The van der Waals surface area contributed by atoms with Crippen molar-refractivity contribution < 1.29 is 9.53 Å². The van der Waals surface area contributed by atoms with E-state index < -0.39 is 0 Å². The number of aryl methyl sites for hydroxylation is 1. The Morgan fingerprint density at radius 2 is 1.85 bits per heavy atom. The Bertz CT molecular complexity index is 546. The van der Waals surface area contributed by atoms with E-state index in [1.165, 1.54) is 5.56 Å². The van der Waals surface area contributed by atoms with Gasteiger partial charge in [-0.2, -0.15) is 0 Å². The molecule has 0 aliphatic carbocycles. The van der Waals surface area contributed by atoms with Crippen LogP contribution < -0.4 is 4.74 Å². The number of rotatable bonds is 7. The topological polar surface area (TPSA) is 26.3 Å². The van der Waals surface area contributed by atoms with Gasteiger partial charge < -0.3 is 4.74 Å². The summed E-state index contributed by atoms with van der Waals surface area (Å²) >= 11 is 0. The first-order valence-electron chi connectivity index (χ1n) is 7.09. The fourth-order valence-corrected chi connectivity index (χ4v) is 2.03. The highest BCUT2D eigenvalue weighted by Crippen LogP contribution is 2.16. The molecule has 0 saturated carbocycles. The molecule has 2 aromatic rings. The number of Topliss-reactive ketones (excluding diaryl/α,β-unsaturated/α-hetero) is 1. The first-order valence-corrected chi connectivity index (χ1v) is 7.09. The van der Waals surface area contributed by atoms with Crippen LogP contribution in [0.1, 0.15) is 35.7 Å². The summed E-state index contributed by atoms with van der Waals surface area (Å²) in [5.41, 5.74) is 1.92. The number of carbonyl (C=O) groups is 1. The zero-order valence-corrected chi connectivity index (χ0v) is 11.8. The molecule has 0 amide bonds. The van der Waals surface area contributed by atoms with Crippen molar-refractivity contribution >= 4 is 5.78 Å². The lowest BCUT2D eigenvalue weighted by atomic mass is 10.0. The molecule has 0 fully saturated rings. The summed E-state index contributed by atoms with van der Waals surface area (Å²) < 4.78 is 5.56. The quantitative estimate of drug-likeness (QED) is 0.700. The highest BCUT2D eigenvalue weighted by molar-refractivity contribution is 5.96. The number of benzene rings is 2. The monoisotopic (exact) mass is 268 g/mol. The van der Waals surface area contributed by atoms with Crippen molar-refractivity contribution in [2.24, 2.45) is 0 Å². The maximum atomic E-state index is 12.2. The minimum absolute atomic E-state index is 0.163. The second kappa shape index (κ2) is 7.49. The van der Waals surface area contributed by atoms with Gasteiger partial charge in [0.2, 0.25) is 0 Å². The lowest BCUT2D eigenvalue weighted by Gasteiger charge is -2.06. The molecule has 104 valence electrons. The van der Waals surface area contributed by atoms with E-state index in [1.54, 1.807) is 0 Å². The van der Waals surface area contributed by atoms with Gasteiger partial charge in [-0.15, -0.1) is 0 Å². The summed E-state index contributed by atoms with van der Waals surface area (Å²) in [4.78, 5) is 12.2. The van der Waals surface area contributed by atoms with Crippen LogP contribution in [0.5, 0.6) is 5.75 Å². The molecule has 0 saturated heterocycles. The first-order chi connectivity index (χ1) is 9.79. The summed E-state index contributed by atoms with van der Waals surface area (Å²) in [6, 6.07) is 17.5. The van der Waals surface area contributed by atoms with Crippen molar-refractivity contribution in [2.45, 2.75) is 26.2 Å². The third kappa shape index (κ3) is 4.23. The third-order valence-corrected chi connectivity index (χ3v) is 3.11. The molecule has 0 radical (unpaired) electrons. The molecular weight excluding hydrogens is 248 g/mol. The SMILES string of the molecule is CCCOc1cccc(C(=O)CCc2ccccc2)c1. The molecule has 2 heteroatoms. The minimum atomic E-state index is 0.163. The maximum absolute atomic E-state index is 12.2. The Kier molecular flexibility index (Phi) is 5.36. The minimum Gasteiger partial charge on any atom is -0.494 e. The molecule has 0 unspecified atom stereocenters. The van der Waals surface area contributed by atoms with Gasteiger partial charge >= 0.3 is 0 Å². The fourth-order valence-electron chi connectivity index (χ4n) is 2.03. The Labute approximate surface area is 120 Å². The van der Waals surface area contributed by atoms with Gasteiger partial charge in [-0.05, 0) is 30.5 Å². The van der Waals surface area contributed by atoms with Crippen LogP contribution in [-0.4, -0.2) is 12.4 Å². The lowest BCUT2D eigenvalue weighted by molar-refractivity contribution is 0.0982. The number of ether oxygens (including phenoxy) is 1. The van der Waals surface area contributed by atoms with Crippen LogP contribution in [0.3, 0.4) is 0 Å². The zero-order valence-electron chi connectivity index (χ0n) is 11.8. The van der Waals surface area contributed by atoms with Gasteiger partial charge in [0.05, 0.1) is 6.61 Å². The predicted octanol–water partition coefficient (Wildman–Crippen LogP) is 4.29. The zero-order chi connectivity index (χ0) is 14.2. The van der Waals surface area contributed by atoms with E-state index in [0.29, 0.717) is 13.0 Å². The Balaban J connectivity index is 1.95. The summed E-state index contributed by atoms with van der Waals surface area (Å²) in [6.07, 6.45) is 2.27. The molecule has 0 aliphatic heterocycles. The van der Waals surface area contributed by atoms with E-state index in [2.05, 4.69) is 6.92 Å². The number of ketones is 1. The van der Waals surface area contributed by atoms with Gasteiger partial charge in [-0.3, -0.25) is 4.79 Å². The molecule has 2 nitrogen and oxygen atoms in total. The molecule has 20 heavy (non-hydrogen) atoms. The molecule has 2 rings (SSSR count). The van der Waals surface area contributed by atoms with E-state index in [1.807, 2.05) is 54.6 Å². The van der Waals surface area contributed by atoms with Crippen molar-refractivity contribution in [1.82, 2.24) is 0 Å². The highest BCUT2D eigenvalue weighted by Gasteiger charge is 2.07. The molecule has 0 N–H and O–H groups in total. The highest BCUT2D eigenvalue weighted by atomic mass is 16.5. The fraction of sp³-hybridized carbons (Fsp3) is 0.278. The number of hydrogen-bond donors (Lipinski definition) is 0. The average molecular weight is 268 g/mol. The predicted molar refractivity (Wildman–Crippen MR) is 81.3 cm³/mol.